The molecule has 1 aliphatic rings. The number of hydrogen-bond donors (Lipinski definition) is 1. The van der Waals surface area contributed by atoms with Crippen molar-refractivity contribution < 1.29 is 4.74 Å². The zero-order valence-electron chi connectivity index (χ0n) is 11.1. The van der Waals surface area contributed by atoms with Crippen molar-refractivity contribution in [3.63, 3.8) is 0 Å². The van der Waals surface area contributed by atoms with Crippen LogP contribution in [0.5, 0.6) is 0 Å². The summed E-state index contributed by atoms with van der Waals surface area (Å²) in [6.45, 7) is 5.12. The van der Waals surface area contributed by atoms with Crippen molar-refractivity contribution in [2.24, 2.45) is 0 Å². The van der Waals surface area contributed by atoms with Crippen LogP contribution in [0.3, 0.4) is 0 Å². The molecule has 0 radical (unpaired) electrons. The molecule has 0 bridgehead atoms. The number of hydrogen-bond acceptors (Lipinski definition) is 4. The van der Waals surface area contributed by atoms with Crippen LogP contribution < -0.4 is 5.32 Å². The Hall–Kier alpha value is -0.650. The van der Waals surface area contributed by atoms with E-state index >= 15 is 0 Å². The number of anilines is 1. The number of rotatable bonds is 2. The molecule has 3 nitrogen and oxygen atoms in total. The predicted octanol–water partition coefficient (Wildman–Crippen LogP) is 4.43. The Balaban J connectivity index is 1.77. The first-order valence-corrected chi connectivity index (χ1v) is 8.09. The lowest BCUT2D eigenvalue weighted by Crippen LogP contribution is -2.40. The van der Waals surface area contributed by atoms with Crippen LogP contribution in [0.2, 0.25) is 0 Å². The summed E-state index contributed by atoms with van der Waals surface area (Å²) >= 11 is 5.21. The molecule has 2 heterocycles. The molecule has 1 aromatic carbocycles. The highest BCUT2D eigenvalue weighted by Crippen LogP contribution is 2.31. The van der Waals surface area contributed by atoms with Crippen LogP contribution >= 0.6 is 27.3 Å². The van der Waals surface area contributed by atoms with Crippen LogP contribution in [-0.2, 0) is 4.74 Å². The maximum Gasteiger partial charge on any atom is 0.184 e. The average molecular weight is 341 g/mol. The maximum atomic E-state index is 5.74. The standard InChI is InChI=1S/C14H17BrN2OS/c1-14(2)8-10(5-6-18-14)16-13-17-11-4-3-9(15)7-12(11)19-13/h3-4,7,10H,5-6,8H2,1-2H3,(H,16,17). The molecule has 1 saturated heterocycles. The monoisotopic (exact) mass is 340 g/mol. The van der Waals surface area contributed by atoms with Gasteiger partial charge in [-0.1, -0.05) is 27.3 Å². The molecule has 0 aliphatic carbocycles. The summed E-state index contributed by atoms with van der Waals surface area (Å²) in [5, 5.41) is 4.57. The van der Waals surface area contributed by atoms with E-state index in [1.165, 1.54) is 4.70 Å². The number of thiazole rings is 1. The normalized spacial score (nSPS) is 22.6. The summed E-state index contributed by atoms with van der Waals surface area (Å²) in [7, 11) is 0. The van der Waals surface area contributed by atoms with Crippen molar-refractivity contribution in [1.29, 1.82) is 0 Å². The highest BCUT2D eigenvalue weighted by atomic mass is 79.9. The quantitative estimate of drug-likeness (QED) is 0.878. The Bertz CT molecular complexity index is 596. The van der Waals surface area contributed by atoms with Crippen molar-refractivity contribution in [2.45, 2.75) is 38.3 Å². The van der Waals surface area contributed by atoms with Gasteiger partial charge in [-0.3, -0.25) is 0 Å². The topological polar surface area (TPSA) is 34.2 Å². The number of nitrogens with zero attached hydrogens (tertiary/aromatic N) is 1. The van der Waals surface area contributed by atoms with E-state index in [2.05, 4.69) is 52.2 Å². The zero-order valence-corrected chi connectivity index (χ0v) is 13.5. The fourth-order valence-electron chi connectivity index (χ4n) is 2.49. The van der Waals surface area contributed by atoms with Crippen LogP contribution in [0.15, 0.2) is 22.7 Å². The van der Waals surface area contributed by atoms with Gasteiger partial charge in [-0.05, 0) is 44.9 Å². The molecule has 102 valence electrons. The average Bonchev–Trinajstić information content (AvgIpc) is 2.68. The third kappa shape index (κ3) is 3.09. The fourth-order valence-corrected chi connectivity index (χ4v) is 3.98. The van der Waals surface area contributed by atoms with Gasteiger partial charge in [-0.25, -0.2) is 4.98 Å². The summed E-state index contributed by atoms with van der Waals surface area (Å²) in [6.07, 6.45) is 2.07. The highest BCUT2D eigenvalue weighted by Gasteiger charge is 2.29. The molecule has 0 saturated carbocycles. The van der Waals surface area contributed by atoms with E-state index in [1.807, 2.05) is 6.07 Å². The van der Waals surface area contributed by atoms with Gasteiger partial charge in [0.15, 0.2) is 5.13 Å². The summed E-state index contributed by atoms with van der Waals surface area (Å²) in [5.74, 6) is 0. The zero-order chi connectivity index (χ0) is 13.5. The lowest BCUT2D eigenvalue weighted by molar-refractivity contribution is -0.0553. The van der Waals surface area contributed by atoms with Crippen molar-refractivity contribution in [1.82, 2.24) is 4.98 Å². The largest absolute Gasteiger partial charge is 0.375 e. The third-order valence-corrected chi connectivity index (χ3v) is 4.82. The molecule has 1 aliphatic heterocycles. The van der Waals surface area contributed by atoms with Gasteiger partial charge in [0.25, 0.3) is 0 Å². The van der Waals surface area contributed by atoms with Gasteiger partial charge in [-0.2, -0.15) is 0 Å². The summed E-state index contributed by atoms with van der Waals surface area (Å²) in [6, 6.07) is 6.65. The van der Waals surface area contributed by atoms with Crippen LogP contribution in [0, 0.1) is 0 Å². The van der Waals surface area contributed by atoms with Gasteiger partial charge < -0.3 is 10.1 Å². The molecule has 0 amide bonds. The summed E-state index contributed by atoms with van der Waals surface area (Å²) in [4.78, 5) is 4.64. The van der Waals surface area contributed by atoms with Gasteiger partial charge in [0, 0.05) is 17.1 Å². The van der Waals surface area contributed by atoms with Crippen LogP contribution in [-0.4, -0.2) is 23.2 Å². The first-order chi connectivity index (χ1) is 9.02. The third-order valence-electron chi connectivity index (χ3n) is 3.38. The number of halogens is 1. The Morgan fingerprint density at radius 2 is 2.32 bits per heavy atom. The maximum absolute atomic E-state index is 5.74. The van der Waals surface area contributed by atoms with Crippen molar-refractivity contribution in [3.05, 3.63) is 22.7 Å². The number of aromatic nitrogens is 1. The molecule has 3 rings (SSSR count). The van der Waals surface area contributed by atoms with E-state index in [0.717, 1.165) is 34.6 Å². The Labute approximate surface area is 125 Å². The molecule has 1 aromatic heterocycles. The molecule has 1 unspecified atom stereocenters. The van der Waals surface area contributed by atoms with Gasteiger partial charge in [-0.15, -0.1) is 0 Å². The molecule has 2 aromatic rings. The lowest BCUT2D eigenvalue weighted by atomic mass is 9.94. The van der Waals surface area contributed by atoms with Gasteiger partial charge in [0.05, 0.1) is 15.8 Å². The molecule has 0 spiro atoms. The van der Waals surface area contributed by atoms with E-state index in [0.29, 0.717) is 6.04 Å². The van der Waals surface area contributed by atoms with Crippen molar-refractivity contribution in [2.75, 3.05) is 11.9 Å². The second-order valence-electron chi connectivity index (χ2n) is 5.57. The first kappa shape index (κ1) is 13.3. The summed E-state index contributed by atoms with van der Waals surface area (Å²) in [5.41, 5.74) is 1.03. The molecule has 1 atom stereocenters. The number of nitrogens with one attached hydrogen (secondary N) is 1. The molecule has 5 heteroatoms. The Kier molecular flexibility index (Phi) is 3.53. The Morgan fingerprint density at radius 3 is 3.11 bits per heavy atom. The van der Waals surface area contributed by atoms with E-state index < -0.39 is 0 Å². The smallest absolute Gasteiger partial charge is 0.184 e. The molecule has 19 heavy (non-hydrogen) atoms. The highest BCUT2D eigenvalue weighted by molar-refractivity contribution is 9.10. The number of ether oxygens (including phenoxy) is 1. The van der Waals surface area contributed by atoms with Crippen LogP contribution in [0.25, 0.3) is 10.2 Å². The van der Waals surface area contributed by atoms with E-state index in [9.17, 15) is 0 Å². The van der Waals surface area contributed by atoms with Gasteiger partial charge in [0.2, 0.25) is 0 Å². The minimum absolute atomic E-state index is 0.0321. The molecular weight excluding hydrogens is 324 g/mol. The molecular formula is C14H17BrN2OS. The minimum Gasteiger partial charge on any atom is -0.375 e. The SMILES string of the molecule is CC1(C)CC(Nc2nc3ccc(Br)cc3s2)CCO1. The van der Waals surface area contributed by atoms with Crippen LogP contribution in [0.4, 0.5) is 5.13 Å². The van der Waals surface area contributed by atoms with Crippen molar-refractivity contribution in [3.8, 4) is 0 Å². The van der Waals surface area contributed by atoms with E-state index in [1.54, 1.807) is 11.3 Å². The first-order valence-electron chi connectivity index (χ1n) is 6.48. The molecule has 1 fully saturated rings. The second kappa shape index (κ2) is 5.04. The van der Waals surface area contributed by atoms with E-state index in [-0.39, 0.29) is 5.60 Å². The molecule has 1 N–H and O–H groups in total. The van der Waals surface area contributed by atoms with Crippen molar-refractivity contribution >= 4 is 42.6 Å². The van der Waals surface area contributed by atoms with Gasteiger partial charge >= 0.3 is 0 Å². The van der Waals surface area contributed by atoms with Gasteiger partial charge in [0.1, 0.15) is 0 Å². The van der Waals surface area contributed by atoms with E-state index in [4.69, 9.17) is 4.74 Å². The lowest BCUT2D eigenvalue weighted by Gasteiger charge is -2.35. The Morgan fingerprint density at radius 1 is 1.47 bits per heavy atom. The predicted molar refractivity (Wildman–Crippen MR) is 84.0 cm³/mol. The van der Waals surface area contributed by atoms with Crippen LogP contribution in [0.1, 0.15) is 26.7 Å². The fraction of sp³-hybridized carbons (Fsp3) is 0.500. The second-order valence-corrected chi connectivity index (χ2v) is 7.52. The number of benzene rings is 1. The number of fused-ring (bicyclic) bond motifs is 1. The minimum atomic E-state index is -0.0321. The summed E-state index contributed by atoms with van der Waals surface area (Å²) < 4.78 is 8.06.